The number of rotatable bonds is 12. The molecule has 0 spiro atoms. The van der Waals surface area contributed by atoms with Crippen molar-refractivity contribution in [1.29, 1.82) is 0 Å². The van der Waals surface area contributed by atoms with Crippen LogP contribution in [0.5, 0.6) is 5.75 Å². The van der Waals surface area contributed by atoms with Crippen molar-refractivity contribution in [3.63, 3.8) is 0 Å². The van der Waals surface area contributed by atoms with Gasteiger partial charge in [-0.2, -0.15) is 13.2 Å². The van der Waals surface area contributed by atoms with E-state index >= 15 is 0 Å². The molecule has 4 unspecified atom stereocenters. The Labute approximate surface area is 211 Å². The average Bonchev–Trinajstić information content (AvgIpc) is 2.98. The minimum absolute atomic E-state index is 0.111. The van der Waals surface area contributed by atoms with Crippen LogP contribution < -0.4 is 9.46 Å². The molecule has 0 heterocycles. The molecule has 1 aliphatic carbocycles. The predicted octanol–water partition coefficient (Wildman–Crippen LogP) is 6.67. The largest absolute Gasteiger partial charge is 0.497 e. The summed E-state index contributed by atoms with van der Waals surface area (Å²) in [6, 6.07) is 7.97. The third-order valence-corrected chi connectivity index (χ3v) is 10.3. The molecule has 8 heteroatoms. The molecule has 0 aromatic heterocycles. The van der Waals surface area contributed by atoms with Crippen molar-refractivity contribution in [2.75, 3.05) is 20.0 Å². The van der Waals surface area contributed by atoms with Crippen molar-refractivity contribution in [3.05, 3.63) is 29.8 Å². The Hall–Kier alpha value is -1.12. The summed E-state index contributed by atoms with van der Waals surface area (Å²) in [5, 5.41) is -0.527. The Morgan fingerprint density at radius 3 is 2.40 bits per heavy atom. The molecular weight excluding hydrogens is 475 g/mol. The Morgan fingerprint density at radius 1 is 1.14 bits per heavy atom. The van der Waals surface area contributed by atoms with Crippen molar-refractivity contribution in [2.24, 2.45) is 11.8 Å². The number of thiol groups is 1. The molecule has 1 aromatic rings. The van der Waals surface area contributed by atoms with Gasteiger partial charge in [0.1, 0.15) is 5.75 Å². The van der Waals surface area contributed by atoms with Crippen LogP contribution in [0.15, 0.2) is 24.3 Å². The normalized spacial score (nSPS) is 24.1. The molecule has 4 nitrogen and oxygen atoms in total. The number of hydrogen-bond donors (Lipinski definition) is 2. The number of methoxy groups -OCH3 is 1. The Morgan fingerprint density at radius 2 is 1.83 bits per heavy atom. The summed E-state index contributed by atoms with van der Waals surface area (Å²) in [6.07, 6.45) is 1.85. The second kappa shape index (κ2) is 13.4. The monoisotopic (exact) mass is 521 g/mol. The topological polar surface area (TPSA) is 47.6 Å². The van der Waals surface area contributed by atoms with Crippen LogP contribution >= 0.6 is 0 Å². The molecule has 0 bridgehead atoms. The maximum absolute atomic E-state index is 13.9. The van der Waals surface area contributed by atoms with Crippen molar-refractivity contribution in [2.45, 2.75) is 102 Å². The Bertz CT molecular complexity index is 817. The van der Waals surface area contributed by atoms with Crippen LogP contribution in [-0.4, -0.2) is 47.8 Å². The molecule has 1 N–H and O–H groups in total. The van der Waals surface area contributed by atoms with Gasteiger partial charge in [-0.3, -0.25) is 8.93 Å². The highest BCUT2D eigenvalue weighted by Gasteiger charge is 2.44. The smallest absolute Gasteiger partial charge is 0.392 e. The lowest BCUT2D eigenvalue weighted by Gasteiger charge is -2.38. The lowest BCUT2D eigenvalue weighted by Crippen LogP contribution is -2.51. The van der Waals surface area contributed by atoms with Crippen LogP contribution in [0.25, 0.3) is 0 Å². The number of ether oxygens (including phenoxy) is 2. The van der Waals surface area contributed by atoms with Crippen LogP contribution in [0.4, 0.5) is 13.2 Å². The third-order valence-electron chi connectivity index (χ3n) is 7.52. The van der Waals surface area contributed by atoms with Crippen LogP contribution in [0.2, 0.25) is 0 Å². The van der Waals surface area contributed by atoms with Gasteiger partial charge in [0.2, 0.25) is 0 Å². The Balaban J connectivity index is 2.21. The maximum Gasteiger partial charge on any atom is 0.392 e. The zero-order chi connectivity index (χ0) is 26.2. The lowest BCUT2D eigenvalue weighted by atomic mass is 9.90. The first-order valence-corrected chi connectivity index (χ1v) is 15.3. The molecule has 1 aromatic carbocycles. The van der Waals surface area contributed by atoms with Gasteiger partial charge in [0.15, 0.2) is 0 Å². The summed E-state index contributed by atoms with van der Waals surface area (Å²) in [5.74, 6) is -0.848. The standard InChI is InChI=1S/C27H46F3NO3S/c1-7-16-34-26-15-13-20(21-10-9-11-22(17-21)33-5)12-14-25(26)31-35(6,32)23(8-2)18-24(19(3)4)27(28,29)30/h9-11,17,19-20,23-26,35H,7-8,12-16,18H2,1-6H3,(H,31,32)/t20-,23?,24?,25?,26?/m0/s1. The highest BCUT2D eigenvalue weighted by Crippen LogP contribution is 2.39. The number of alkyl halides is 3. The van der Waals surface area contributed by atoms with Crippen LogP contribution in [0.1, 0.15) is 84.1 Å². The van der Waals surface area contributed by atoms with Gasteiger partial charge in [0, 0.05) is 24.2 Å². The van der Waals surface area contributed by atoms with E-state index in [0.717, 1.165) is 37.9 Å². The zero-order valence-electron chi connectivity index (χ0n) is 22.2. The molecular formula is C27H46F3NO3S. The van der Waals surface area contributed by atoms with E-state index < -0.39 is 33.4 Å². The molecule has 0 amide bonds. The molecule has 35 heavy (non-hydrogen) atoms. The van der Waals surface area contributed by atoms with E-state index in [-0.39, 0.29) is 18.6 Å². The minimum Gasteiger partial charge on any atom is -0.497 e. The van der Waals surface area contributed by atoms with Gasteiger partial charge >= 0.3 is 6.18 Å². The van der Waals surface area contributed by atoms with E-state index in [1.165, 1.54) is 5.56 Å². The highest BCUT2D eigenvalue weighted by molar-refractivity contribution is 8.01. The van der Waals surface area contributed by atoms with E-state index in [4.69, 9.17) is 9.47 Å². The first-order valence-electron chi connectivity index (χ1n) is 13.1. The van der Waals surface area contributed by atoms with Crippen LogP contribution in [-0.2, 0) is 14.9 Å². The SMILES string of the molecule is CCCOC1CC[C@@H](c2cccc(OC)c2)CCC1N[SH](C)(=O)C(CC)CC(C(C)C)C(F)(F)F. The fourth-order valence-electron chi connectivity index (χ4n) is 5.35. The molecule has 1 aliphatic rings. The molecule has 0 radical (unpaired) electrons. The number of halogens is 3. The summed E-state index contributed by atoms with van der Waals surface area (Å²) < 4.78 is 69.9. The van der Waals surface area contributed by atoms with E-state index in [1.807, 2.05) is 19.1 Å². The van der Waals surface area contributed by atoms with Gasteiger partial charge in [-0.05, 0) is 74.5 Å². The van der Waals surface area contributed by atoms with Gasteiger partial charge in [0.25, 0.3) is 0 Å². The number of hydrogen-bond acceptors (Lipinski definition) is 3. The summed E-state index contributed by atoms with van der Waals surface area (Å²) in [4.78, 5) is 0. The van der Waals surface area contributed by atoms with Gasteiger partial charge in [-0.15, -0.1) is 0 Å². The van der Waals surface area contributed by atoms with Crippen molar-refractivity contribution >= 4 is 10.1 Å². The van der Waals surface area contributed by atoms with E-state index in [2.05, 4.69) is 23.8 Å². The first kappa shape index (κ1) is 30.1. The maximum atomic E-state index is 13.9. The summed E-state index contributed by atoms with van der Waals surface area (Å²) >= 11 is 0. The number of benzene rings is 1. The fourth-order valence-corrected chi connectivity index (χ4v) is 7.84. The molecule has 0 saturated heterocycles. The van der Waals surface area contributed by atoms with E-state index in [0.29, 0.717) is 18.9 Å². The van der Waals surface area contributed by atoms with Crippen LogP contribution in [0, 0.1) is 11.8 Å². The highest BCUT2D eigenvalue weighted by atomic mass is 32.3. The second-order valence-corrected chi connectivity index (χ2v) is 13.4. The van der Waals surface area contributed by atoms with E-state index in [1.54, 1.807) is 27.2 Å². The third kappa shape index (κ3) is 8.74. The predicted molar refractivity (Wildman–Crippen MR) is 140 cm³/mol. The van der Waals surface area contributed by atoms with E-state index in [9.17, 15) is 17.4 Å². The Kier molecular flexibility index (Phi) is 11.6. The van der Waals surface area contributed by atoms with Crippen molar-refractivity contribution in [1.82, 2.24) is 4.72 Å². The first-order chi connectivity index (χ1) is 16.4. The molecule has 204 valence electrons. The molecule has 5 atom stereocenters. The summed E-state index contributed by atoms with van der Waals surface area (Å²) in [5.41, 5.74) is 1.22. The molecule has 0 aliphatic heterocycles. The van der Waals surface area contributed by atoms with Gasteiger partial charge in [-0.1, -0.05) is 49.9 Å². The minimum atomic E-state index is -4.29. The zero-order valence-corrected chi connectivity index (χ0v) is 23.1. The summed E-state index contributed by atoms with van der Waals surface area (Å²) in [6.45, 7) is 7.70. The average molecular weight is 522 g/mol. The van der Waals surface area contributed by atoms with Crippen molar-refractivity contribution in [3.8, 4) is 5.75 Å². The summed E-state index contributed by atoms with van der Waals surface area (Å²) in [7, 11) is -1.42. The second-order valence-electron chi connectivity index (χ2n) is 10.5. The van der Waals surface area contributed by atoms with Gasteiger partial charge < -0.3 is 9.47 Å². The number of nitrogens with one attached hydrogen (secondary N) is 1. The molecule has 1 fully saturated rings. The fraction of sp³-hybridized carbons (Fsp3) is 0.778. The molecule has 2 rings (SSSR count). The molecule has 1 saturated carbocycles. The van der Waals surface area contributed by atoms with Crippen LogP contribution in [0.3, 0.4) is 0 Å². The van der Waals surface area contributed by atoms with Gasteiger partial charge in [0.05, 0.1) is 19.1 Å². The quantitative estimate of drug-likeness (QED) is 0.239. The lowest BCUT2D eigenvalue weighted by molar-refractivity contribution is -0.187. The van der Waals surface area contributed by atoms with Gasteiger partial charge in [-0.25, -0.2) is 0 Å². The van der Waals surface area contributed by atoms with Crippen molar-refractivity contribution < 1.29 is 26.9 Å².